The molecule has 1 fully saturated rings. The lowest BCUT2D eigenvalue weighted by molar-refractivity contribution is 0.137. The Balaban J connectivity index is 1.73. The highest BCUT2D eigenvalue weighted by Gasteiger charge is 2.20. The second-order valence-corrected chi connectivity index (χ2v) is 5.13. The van der Waals surface area contributed by atoms with Gasteiger partial charge in [-0.2, -0.15) is 0 Å². The first-order chi connectivity index (χ1) is 8.27. The molecule has 0 bridgehead atoms. The van der Waals surface area contributed by atoms with Crippen LogP contribution in [0.4, 0.5) is 0 Å². The quantitative estimate of drug-likeness (QED) is 0.827. The molecule has 1 saturated carbocycles. The molecule has 0 saturated heterocycles. The number of nitrogens with one attached hydrogen (secondary N) is 1. The predicted molar refractivity (Wildman–Crippen MR) is 67.7 cm³/mol. The van der Waals surface area contributed by atoms with Crippen molar-refractivity contribution < 1.29 is 9.52 Å². The minimum Gasteiger partial charge on any atom is -0.467 e. The maximum Gasteiger partial charge on any atom is 0.133 e. The third kappa shape index (κ3) is 3.58. The molecule has 0 amide bonds. The molecule has 0 aromatic carbocycles. The summed E-state index contributed by atoms with van der Waals surface area (Å²) >= 11 is 0. The van der Waals surface area contributed by atoms with Gasteiger partial charge in [-0.25, -0.2) is 0 Å². The Labute approximate surface area is 103 Å². The summed E-state index contributed by atoms with van der Waals surface area (Å²) in [5.41, 5.74) is 0. The van der Waals surface area contributed by atoms with E-state index in [0.717, 1.165) is 5.92 Å². The number of aliphatic hydroxyl groups is 1. The highest BCUT2D eigenvalue weighted by Crippen LogP contribution is 2.26. The van der Waals surface area contributed by atoms with Crippen LogP contribution in [0.3, 0.4) is 0 Å². The zero-order chi connectivity index (χ0) is 12.1. The van der Waals surface area contributed by atoms with Gasteiger partial charge in [0.05, 0.1) is 6.26 Å². The van der Waals surface area contributed by atoms with Crippen LogP contribution in [0, 0.1) is 5.92 Å². The van der Waals surface area contributed by atoms with Crippen molar-refractivity contribution in [3.05, 3.63) is 24.2 Å². The summed E-state index contributed by atoms with van der Waals surface area (Å²) in [6, 6.07) is 4.11. The van der Waals surface area contributed by atoms with Crippen molar-refractivity contribution >= 4 is 0 Å². The van der Waals surface area contributed by atoms with Gasteiger partial charge < -0.3 is 14.8 Å². The molecular formula is C14H23NO2. The maximum absolute atomic E-state index is 9.90. The van der Waals surface area contributed by atoms with E-state index in [1.54, 1.807) is 6.26 Å². The molecule has 1 heterocycles. The average Bonchev–Trinajstić information content (AvgIpc) is 2.90. The normalized spacial score (nSPS) is 21.3. The van der Waals surface area contributed by atoms with Crippen LogP contribution in [-0.4, -0.2) is 17.7 Å². The van der Waals surface area contributed by atoms with Crippen LogP contribution < -0.4 is 5.32 Å². The number of aliphatic hydroxyl groups excluding tert-OH is 1. The molecule has 1 aromatic heterocycles. The number of hydrogen-bond acceptors (Lipinski definition) is 3. The van der Waals surface area contributed by atoms with Gasteiger partial charge in [-0.15, -0.1) is 0 Å². The van der Waals surface area contributed by atoms with Crippen LogP contribution in [-0.2, 0) is 0 Å². The van der Waals surface area contributed by atoms with Gasteiger partial charge in [-0.3, -0.25) is 0 Å². The van der Waals surface area contributed by atoms with Gasteiger partial charge in [-0.05, 0) is 37.8 Å². The Kier molecular flexibility index (Phi) is 4.63. The van der Waals surface area contributed by atoms with E-state index in [1.165, 1.54) is 32.1 Å². The average molecular weight is 237 g/mol. The molecule has 1 aromatic rings. The molecule has 2 atom stereocenters. The van der Waals surface area contributed by atoms with E-state index < -0.39 is 6.10 Å². The topological polar surface area (TPSA) is 45.4 Å². The Hall–Kier alpha value is -0.800. The van der Waals surface area contributed by atoms with Crippen LogP contribution in [0.5, 0.6) is 0 Å². The fraction of sp³-hybridized carbons (Fsp3) is 0.714. The molecule has 3 nitrogen and oxygen atoms in total. The molecule has 17 heavy (non-hydrogen) atoms. The summed E-state index contributed by atoms with van der Waals surface area (Å²) in [4.78, 5) is 0. The minimum absolute atomic E-state index is 0.486. The molecule has 2 rings (SSSR count). The molecule has 1 unspecified atom stereocenters. The van der Waals surface area contributed by atoms with E-state index in [2.05, 4.69) is 12.2 Å². The standard InChI is InChI=1S/C14H23NO2/c1-11(12-6-3-2-4-7-12)15-10-13(16)14-8-5-9-17-14/h5,8-9,11-13,15-16H,2-4,6-7,10H2,1H3/t11-,13?/m1/s1. The fourth-order valence-electron chi connectivity index (χ4n) is 2.68. The first-order valence-electron chi connectivity index (χ1n) is 6.72. The van der Waals surface area contributed by atoms with Gasteiger partial charge in [0.2, 0.25) is 0 Å². The van der Waals surface area contributed by atoms with Crippen molar-refractivity contribution in [1.29, 1.82) is 0 Å². The molecule has 1 aliphatic carbocycles. The fourth-order valence-corrected chi connectivity index (χ4v) is 2.68. The Bertz CT molecular complexity index is 304. The van der Waals surface area contributed by atoms with Gasteiger partial charge in [-0.1, -0.05) is 19.3 Å². The molecule has 3 heteroatoms. The molecule has 96 valence electrons. The summed E-state index contributed by atoms with van der Waals surface area (Å²) in [5.74, 6) is 1.42. The lowest BCUT2D eigenvalue weighted by Gasteiger charge is -2.28. The van der Waals surface area contributed by atoms with Crippen molar-refractivity contribution in [2.24, 2.45) is 5.92 Å². The lowest BCUT2D eigenvalue weighted by atomic mass is 9.84. The van der Waals surface area contributed by atoms with Crippen molar-refractivity contribution in [3.63, 3.8) is 0 Å². The predicted octanol–water partition coefficient (Wildman–Crippen LogP) is 2.87. The van der Waals surface area contributed by atoms with Gasteiger partial charge in [0, 0.05) is 12.6 Å². The van der Waals surface area contributed by atoms with E-state index >= 15 is 0 Å². The summed E-state index contributed by atoms with van der Waals surface area (Å²) < 4.78 is 5.18. The van der Waals surface area contributed by atoms with E-state index in [4.69, 9.17) is 4.42 Å². The monoisotopic (exact) mass is 237 g/mol. The number of furan rings is 1. The highest BCUT2D eigenvalue weighted by molar-refractivity contribution is 5.02. The van der Waals surface area contributed by atoms with Crippen molar-refractivity contribution in [1.82, 2.24) is 5.32 Å². The van der Waals surface area contributed by atoms with Gasteiger partial charge in [0.25, 0.3) is 0 Å². The van der Waals surface area contributed by atoms with E-state index in [0.29, 0.717) is 18.3 Å². The Morgan fingerprint density at radius 3 is 2.82 bits per heavy atom. The second-order valence-electron chi connectivity index (χ2n) is 5.13. The van der Waals surface area contributed by atoms with E-state index in [1.807, 2.05) is 12.1 Å². The van der Waals surface area contributed by atoms with E-state index in [-0.39, 0.29) is 0 Å². The largest absolute Gasteiger partial charge is 0.467 e. The molecular weight excluding hydrogens is 214 g/mol. The number of rotatable bonds is 5. The maximum atomic E-state index is 9.90. The first-order valence-corrected chi connectivity index (χ1v) is 6.72. The summed E-state index contributed by atoms with van der Waals surface area (Å²) in [6.07, 6.45) is 7.82. The molecule has 0 spiro atoms. The van der Waals surface area contributed by atoms with Crippen LogP contribution in [0.1, 0.15) is 50.9 Å². The first kappa shape index (κ1) is 12.7. The second kappa shape index (κ2) is 6.22. The SMILES string of the molecule is C[C@@H](NCC(O)c1ccco1)C1CCCCC1. The molecule has 0 radical (unpaired) electrons. The summed E-state index contributed by atoms with van der Waals surface area (Å²) in [7, 11) is 0. The van der Waals surface area contributed by atoms with Crippen LogP contribution >= 0.6 is 0 Å². The molecule has 2 N–H and O–H groups in total. The van der Waals surface area contributed by atoms with Crippen LogP contribution in [0.15, 0.2) is 22.8 Å². The molecule has 0 aliphatic heterocycles. The zero-order valence-electron chi connectivity index (χ0n) is 10.6. The lowest BCUT2D eigenvalue weighted by Crippen LogP contribution is -2.37. The number of hydrogen-bond donors (Lipinski definition) is 2. The van der Waals surface area contributed by atoms with Crippen molar-refractivity contribution in [3.8, 4) is 0 Å². The van der Waals surface area contributed by atoms with Crippen LogP contribution in [0.25, 0.3) is 0 Å². The van der Waals surface area contributed by atoms with Gasteiger partial charge in [0.15, 0.2) is 0 Å². The van der Waals surface area contributed by atoms with Gasteiger partial charge >= 0.3 is 0 Å². The minimum atomic E-state index is -0.531. The Morgan fingerprint density at radius 2 is 2.18 bits per heavy atom. The van der Waals surface area contributed by atoms with Crippen LogP contribution in [0.2, 0.25) is 0 Å². The van der Waals surface area contributed by atoms with Gasteiger partial charge in [0.1, 0.15) is 11.9 Å². The van der Waals surface area contributed by atoms with Crippen molar-refractivity contribution in [2.45, 2.75) is 51.2 Å². The third-order valence-corrected chi connectivity index (χ3v) is 3.86. The third-order valence-electron chi connectivity index (χ3n) is 3.86. The highest BCUT2D eigenvalue weighted by atomic mass is 16.4. The molecule has 1 aliphatic rings. The van der Waals surface area contributed by atoms with E-state index in [9.17, 15) is 5.11 Å². The summed E-state index contributed by atoms with van der Waals surface area (Å²) in [5, 5.41) is 13.3. The van der Waals surface area contributed by atoms with Crippen molar-refractivity contribution in [2.75, 3.05) is 6.54 Å². The summed E-state index contributed by atoms with van der Waals surface area (Å²) in [6.45, 7) is 2.80. The Morgan fingerprint density at radius 1 is 1.41 bits per heavy atom. The smallest absolute Gasteiger partial charge is 0.133 e. The zero-order valence-corrected chi connectivity index (χ0v) is 10.6.